The van der Waals surface area contributed by atoms with Crippen LogP contribution in [0.1, 0.15) is 17.2 Å². The maximum atomic E-state index is 12.3. The molecule has 0 unspecified atom stereocenters. The molecule has 0 radical (unpaired) electrons. The SMILES string of the molecule is Cc1nc(NCCNS(=O)(=O)c2ccc(C#N)cc2)cc(-n2ccnc2C)n1. The molecule has 0 aliphatic heterocycles. The van der Waals surface area contributed by atoms with Crippen LogP contribution in [-0.2, 0) is 10.0 Å². The van der Waals surface area contributed by atoms with Crippen LogP contribution in [0, 0.1) is 25.2 Å². The van der Waals surface area contributed by atoms with E-state index in [4.69, 9.17) is 5.26 Å². The van der Waals surface area contributed by atoms with E-state index in [1.165, 1.54) is 24.3 Å². The van der Waals surface area contributed by atoms with E-state index in [0.29, 0.717) is 29.6 Å². The molecule has 144 valence electrons. The second kappa shape index (κ2) is 8.16. The number of imidazole rings is 1. The standard InChI is InChI=1S/C18H19N7O2S/c1-13-23-17(11-18(24-13)25-10-9-20-14(25)2)21-7-8-22-28(26,27)16-5-3-15(12-19)4-6-16/h3-6,9-11,22H,7-8H2,1-2H3,(H,21,23,24). The molecule has 2 heterocycles. The predicted octanol–water partition coefficient (Wildman–Crippen LogP) is 1.54. The van der Waals surface area contributed by atoms with Crippen molar-refractivity contribution in [2.45, 2.75) is 18.7 Å². The minimum absolute atomic E-state index is 0.113. The lowest BCUT2D eigenvalue weighted by Gasteiger charge is -2.11. The number of hydrogen-bond acceptors (Lipinski definition) is 7. The van der Waals surface area contributed by atoms with Crippen LogP contribution in [0.25, 0.3) is 5.82 Å². The summed E-state index contributed by atoms with van der Waals surface area (Å²) in [6.45, 7) is 4.18. The lowest BCUT2D eigenvalue weighted by atomic mass is 10.2. The Hall–Kier alpha value is -3.29. The van der Waals surface area contributed by atoms with Crippen LogP contribution in [0.5, 0.6) is 0 Å². The zero-order valence-electron chi connectivity index (χ0n) is 15.4. The zero-order valence-corrected chi connectivity index (χ0v) is 16.2. The molecule has 0 saturated heterocycles. The average Bonchev–Trinajstić information content (AvgIpc) is 3.11. The molecule has 0 aliphatic rings. The van der Waals surface area contributed by atoms with Crippen molar-refractivity contribution in [3.8, 4) is 11.9 Å². The minimum atomic E-state index is -3.64. The second-order valence-electron chi connectivity index (χ2n) is 5.96. The Morgan fingerprint density at radius 1 is 1.14 bits per heavy atom. The molecule has 0 bridgehead atoms. The molecular weight excluding hydrogens is 378 g/mol. The van der Waals surface area contributed by atoms with E-state index in [1.807, 2.05) is 23.8 Å². The molecule has 1 aromatic carbocycles. The second-order valence-corrected chi connectivity index (χ2v) is 7.73. The lowest BCUT2D eigenvalue weighted by Crippen LogP contribution is -2.29. The summed E-state index contributed by atoms with van der Waals surface area (Å²) in [5, 5.41) is 11.9. The van der Waals surface area contributed by atoms with Gasteiger partial charge in [0, 0.05) is 31.5 Å². The molecule has 0 saturated carbocycles. The van der Waals surface area contributed by atoms with E-state index < -0.39 is 10.0 Å². The summed E-state index contributed by atoms with van der Waals surface area (Å²) in [7, 11) is -3.64. The molecule has 0 atom stereocenters. The molecule has 0 spiro atoms. The zero-order chi connectivity index (χ0) is 20.1. The smallest absolute Gasteiger partial charge is 0.240 e. The van der Waals surface area contributed by atoms with Crippen molar-refractivity contribution < 1.29 is 8.42 Å². The van der Waals surface area contributed by atoms with Crippen molar-refractivity contribution in [2.24, 2.45) is 0 Å². The first kappa shape index (κ1) is 19.5. The number of benzene rings is 1. The van der Waals surface area contributed by atoms with Crippen molar-refractivity contribution in [3.05, 3.63) is 59.9 Å². The highest BCUT2D eigenvalue weighted by Crippen LogP contribution is 2.13. The summed E-state index contributed by atoms with van der Waals surface area (Å²) in [4.78, 5) is 13.0. The highest BCUT2D eigenvalue weighted by Gasteiger charge is 2.13. The summed E-state index contributed by atoms with van der Waals surface area (Å²) in [6, 6.07) is 9.48. The van der Waals surface area contributed by atoms with E-state index in [2.05, 4.69) is 25.0 Å². The van der Waals surface area contributed by atoms with E-state index in [9.17, 15) is 8.42 Å². The number of hydrogen-bond donors (Lipinski definition) is 2. The van der Waals surface area contributed by atoms with Gasteiger partial charge in [0.05, 0.1) is 16.5 Å². The van der Waals surface area contributed by atoms with Gasteiger partial charge in [-0.3, -0.25) is 4.57 Å². The fourth-order valence-electron chi connectivity index (χ4n) is 2.55. The van der Waals surface area contributed by atoms with Crippen molar-refractivity contribution in [1.82, 2.24) is 24.2 Å². The first-order valence-corrected chi connectivity index (χ1v) is 9.97. The summed E-state index contributed by atoms with van der Waals surface area (Å²) < 4.78 is 28.9. The highest BCUT2D eigenvalue weighted by molar-refractivity contribution is 7.89. The van der Waals surface area contributed by atoms with Gasteiger partial charge in [-0.05, 0) is 38.1 Å². The number of sulfonamides is 1. The number of rotatable bonds is 7. The first-order valence-electron chi connectivity index (χ1n) is 8.49. The monoisotopic (exact) mass is 397 g/mol. The average molecular weight is 397 g/mol. The molecular formula is C18H19N7O2S. The van der Waals surface area contributed by atoms with Crippen LogP contribution in [0.15, 0.2) is 47.6 Å². The van der Waals surface area contributed by atoms with Crippen LogP contribution in [0.4, 0.5) is 5.82 Å². The summed E-state index contributed by atoms with van der Waals surface area (Å²) in [5.74, 6) is 2.67. The maximum absolute atomic E-state index is 12.3. The molecule has 2 aromatic heterocycles. The summed E-state index contributed by atoms with van der Waals surface area (Å²) in [5.41, 5.74) is 0.406. The van der Waals surface area contributed by atoms with Gasteiger partial charge in [0.2, 0.25) is 10.0 Å². The van der Waals surface area contributed by atoms with Gasteiger partial charge in [0.25, 0.3) is 0 Å². The number of aromatic nitrogens is 4. The number of nitrogens with one attached hydrogen (secondary N) is 2. The Morgan fingerprint density at radius 2 is 1.89 bits per heavy atom. The van der Waals surface area contributed by atoms with Gasteiger partial charge in [-0.1, -0.05) is 0 Å². The van der Waals surface area contributed by atoms with Gasteiger partial charge in [-0.15, -0.1) is 0 Å². The Bertz CT molecular complexity index is 1120. The molecule has 0 amide bonds. The van der Waals surface area contributed by atoms with Gasteiger partial charge < -0.3 is 5.32 Å². The third-order valence-corrected chi connectivity index (χ3v) is 5.39. The molecule has 2 N–H and O–H groups in total. The number of anilines is 1. The van der Waals surface area contributed by atoms with E-state index in [-0.39, 0.29) is 11.4 Å². The van der Waals surface area contributed by atoms with E-state index in [0.717, 1.165) is 5.82 Å². The van der Waals surface area contributed by atoms with Crippen molar-refractivity contribution >= 4 is 15.8 Å². The van der Waals surface area contributed by atoms with E-state index in [1.54, 1.807) is 19.2 Å². The molecule has 3 rings (SSSR count). The Kier molecular flexibility index (Phi) is 5.67. The highest BCUT2D eigenvalue weighted by atomic mass is 32.2. The lowest BCUT2D eigenvalue weighted by molar-refractivity contribution is 0.583. The number of nitrogens with zero attached hydrogens (tertiary/aromatic N) is 5. The molecule has 0 fully saturated rings. The Labute approximate surface area is 163 Å². The minimum Gasteiger partial charge on any atom is -0.369 e. The number of nitriles is 1. The van der Waals surface area contributed by atoms with Crippen LogP contribution in [-0.4, -0.2) is 41.0 Å². The fourth-order valence-corrected chi connectivity index (χ4v) is 3.59. The van der Waals surface area contributed by atoms with Crippen LogP contribution >= 0.6 is 0 Å². The van der Waals surface area contributed by atoms with Crippen LogP contribution in [0.3, 0.4) is 0 Å². The van der Waals surface area contributed by atoms with Gasteiger partial charge in [0.1, 0.15) is 23.3 Å². The van der Waals surface area contributed by atoms with E-state index >= 15 is 0 Å². The Morgan fingerprint density at radius 3 is 2.54 bits per heavy atom. The Balaban J connectivity index is 1.61. The molecule has 10 heteroatoms. The first-order chi connectivity index (χ1) is 13.4. The van der Waals surface area contributed by atoms with Crippen LogP contribution < -0.4 is 10.0 Å². The quantitative estimate of drug-likeness (QED) is 0.579. The summed E-state index contributed by atoms with van der Waals surface area (Å²) in [6.07, 6.45) is 3.50. The maximum Gasteiger partial charge on any atom is 0.240 e. The predicted molar refractivity (Wildman–Crippen MR) is 103 cm³/mol. The van der Waals surface area contributed by atoms with Crippen molar-refractivity contribution in [3.63, 3.8) is 0 Å². The van der Waals surface area contributed by atoms with Gasteiger partial charge in [0.15, 0.2) is 0 Å². The van der Waals surface area contributed by atoms with Gasteiger partial charge >= 0.3 is 0 Å². The third-order valence-electron chi connectivity index (χ3n) is 3.91. The van der Waals surface area contributed by atoms with Gasteiger partial charge in [-0.25, -0.2) is 28.1 Å². The van der Waals surface area contributed by atoms with Crippen LogP contribution in [0.2, 0.25) is 0 Å². The summed E-state index contributed by atoms with van der Waals surface area (Å²) >= 11 is 0. The van der Waals surface area contributed by atoms with Gasteiger partial charge in [-0.2, -0.15) is 5.26 Å². The topological polar surface area (TPSA) is 126 Å². The molecule has 0 aliphatic carbocycles. The van der Waals surface area contributed by atoms with Crippen molar-refractivity contribution in [2.75, 3.05) is 18.4 Å². The third kappa shape index (κ3) is 4.51. The molecule has 28 heavy (non-hydrogen) atoms. The fraction of sp³-hybridized carbons (Fsp3) is 0.222. The molecule has 3 aromatic rings. The normalized spacial score (nSPS) is 11.2. The van der Waals surface area contributed by atoms with Crippen molar-refractivity contribution in [1.29, 1.82) is 5.26 Å². The molecule has 9 nitrogen and oxygen atoms in total. The number of aryl methyl sites for hydroxylation is 2. The largest absolute Gasteiger partial charge is 0.369 e.